The van der Waals surface area contributed by atoms with Crippen LogP contribution in [0.3, 0.4) is 0 Å². The molecule has 1 saturated heterocycles. The highest BCUT2D eigenvalue weighted by Gasteiger charge is 2.25. The first-order valence-electron chi connectivity index (χ1n) is 10.0. The molecule has 0 aromatic heterocycles. The van der Waals surface area contributed by atoms with Crippen molar-refractivity contribution in [2.24, 2.45) is 0 Å². The Bertz CT molecular complexity index is 555. The Morgan fingerprint density at radius 1 is 1.27 bits per heavy atom. The van der Waals surface area contributed by atoms with Crippen molar-refractivity contribution in [3.05, 3.63) is 29.8 Å². The molecule has 2 aliphatic rings. The van der Waals surface area contributed by atoms with E-state index < -0.39 is 0 Å². The van der Waals surface area contributed by atoms with Gasteiger partial charge in [0.1, 0.15) is 5.75 Å². The van der Waals surface area contributed by atoms with Crippen LogP contribution < -0.4 is 10.1 Å². The number of aryl methyl sites for hydroxylation is 1. The molecular formula is C21H33ClN2O2. The van der Waals surface area contributed by atoms with Crippen molar-refractivity contribution in [3.63, 3.8) is 0 Å². The second kappa shape index (κ2) is 10.8. The molecule has 0 radical (unpaired) electrons. The van der Waals surface area contributed by atoms with Crippen LogP contribution in [0.2, 0.25) is 0 Å². The van der Waals surface area contributed by atoms with Gasteiger partial charge in [0, 0.05) is 25.6 Å². The average Bonchev–Trinajstić information content (AvgIpc) is 3.32. The summed E-state index contributed by atoms with van der Waals surface area (Å²) in [7, 11) is 0. The normalized spacial score (nSPS) is 20.0. The molecule has 1 unspecified atom stereocenters. The predicted molar refractivity (Wildman–Crippen MR) is 108 cm³/mol. The number of hydrogen-bond donors (Lipinski definition) is 1. The summed E-state index contributed by atoms with van der Waals surface area (Å²) < 4.78 is 6.09. The van der Waals surface area contributed by atoms with E-state index in [1.165, 1.54) is 31.2 Å². The Balaban J connectivity index is 0.00000243. The lowest BCUT2D eigenvalue weighted by Gasteiger charge is -2.28. The molecule has 4 nitrogen and oxygen atoms in total. The van der Waals surface area contributed by atoms with Gasteiger partial charge < -0.3 is 15.0 Å². The third kappa shape index (κ3) is 5.88. The Kier molecular flexibility index (Phi) is 8.73. The lowest BCUT2D eigenvalue weighted by molar-refractivity contribution is -0.133. The molecule has 1 N–H and O–H groups in total. The molecule has 26 heavy (non-hydrogen) atoms. The number of amides is 1. The third-order valence-corrected chi connectivity index (χ3v) is 5.39. The van der Waals surface area contributed by atoms with Crippen LogP contribution in [0.5, 0.6) is 5.75 Å². The van der Waals surface area contributed by atoms with Crippen molar-refractivity contribution in [3.8, 4) is 5.75 Å². The molecule has 1 aromatic carbocycles. The summed E-state index contributed by atoms with van der Waals surface area (Å²) in [5.74, 6) is 1.25. The zero-order valence-corrected chi connectivity index (χ0v) is 16.7. The van der Waals surface area contributed by atoms with Gasteiger partial charge in [-0.25, -0.2) is 0 Å². The van der Waals surface area contributed by atoms with E-state index in [9.17, 15) is 4.79 Å². The van der Waals surface area contributed by atoms with E-state index in [-0.39, 0.29) is 18.3 Å². The van der Waals surface area contributed by atoms with Crippen molar-refractivity contribution in [2.45, 2.75) is 70.4 Å². The minimum absolute atomic E-state index is 0. The van der Waals surface area contributed by atoms with Gasteiger partial charge in [0.05, 0.1) is 6.10 Å². The zero-order valence-electron chi connectivity index (χ0n) is 15.9. The fourth-order valence-corrected chi connectivity index (χ4v) is 4.03. The average molecular weight is 381 g/mol. The summed E-state index contributed by atoms with van der Waals surface area (Å²) in [6.45, 7) is 4.98. The number of nitrogens with zero attached hydrogens (tertiary/aromatic N) is 1. The van der Waals surface area contributed by atoms with Crippen LogP contribution in [0.25, 0.3) is 0 Å². The number of carbonyl (C=O) groups is 1. The molecule has 1 atom stereocenters. The first-order chi connectivity index (χ1) is 12.3. The predicted octanol–water partition coefficient (Wildman–Crippen LogP) is 3.96. The lowest BCUT2D eigenvalue weighted by Crippen LogP contribution is -2.42. The summed E-state index contributed by atoms with van der Waals surface area (Å²) in [6, 6.07) is 8.69. The van der Waals surface area contributed by atoms with E-state index in [0.29, 0.717) is 18.6 Å². The van der Waals surface area contributed by atoms with Crippen molar-refractivity contribution >= 4 is 18.3 Å². The maximum atomic E-state index is 12.7. The third-order valence-electron chi connectivity index (χ3n) is 5.39. The maximum Gasteiger partial charge on any atom is 0.223 e. The Hall–Kier alpha value is -1.26. The lowest BCUT2D eigenvalue weighted by atomic mass is 10.1. The zero-order chi connectivity index (χ0) is 17.5. The van der Waals surface area contributed by atoms with Gasteiger partial charge in [-0.2, -0.15) is 0 Å². The molecule has 1 amide bonds. The number of hydrogen-bond acceptors (Lipinski definition) is 3. The number of benzene rings is 1. The highest BCUT2D eigenvalue weighted by molar-refractivity contribution is 5.85. The van der Waals surface area contributed by atoms with E-state index in [2.05, 4.69) is 35.3 Å². The molecule has 1 aromatic rings. The van der Waals surface area contributed by atoms with E-state index in [4.69, 9.17) is 4.74 Å². The molecule has 3 rings (SSSR count). The minimum atomic E-state index is 0. The number of carbonyl (C=O) groups excluding carboxylic acids is 1. The number of nitrogens with one attached hydrogen (secondary N) is 1. The number of halogens is 1. The van der Waals surface area contributed by atoms with E-state index in [1.54, 1.807) is 0 Å². The highest BCUT2D eigenvalue weighted by atomic mass is 35.5. The molecule has 0 bridgehead atoms. The Morgan fingerprint density at radius 3 is 2.77 bits per heavy atom. The smallest absolute Gasteiger partial charge is 0.223 e. The summed E-state index contributed by atoms with van der Waals surface area (Å²) in [5, 5.41) is 3.37. The van der Waals surface area contributed by atoms with E-state index in [0.717, 1.165) is 44.6 Å². The number of ether oxygens (including phenoxy) is 1. The summed E-state index contributed by atoms with van der Waals surface area (Å²) in [4.78, 5) is 14.8. The summed E-state index contributed by atoms with van der Waals surface area (Å²) in [5.41, 5.74) is 1.20. The van der Waals surface area contributed by atoms with Crippen molar-refractivity contribution in [1.82, 2.24) is 10.2 Å². The van der Waals surface area contributed by atoms with Crippen molar-refractivity contribution in [1.29, 1.82) is 0 Å². The standard InChI is InChI=1S/C21H32N2O2.ClH/c1-2-14-23(18-12-13-22-16-18)21(24)11-10-17-6-5-9-20(15-17)25-19-7-3-4-8-19;/h5-6,9,15,18-19,22H,2-4,7-8,10-14,16H2,1H3;1H. The van der Waals surface area contributed by atoms with E-state index >= 15 is 0 Å². The summed E-state index contributed by atoms with van der Waals surface area (Å²) >= 11 is 0. The minimum Gasteiger partial charge on any atom is -0.490 e. The molecule has 5 heteroatoms. The molecular weight excluding hydrogens is 348 g/mol. The van der Waals surface area contributed by atoms with Crippen LogP contribution in [-0.2, 0) is 11.2 Å². The van der Waals surface area contributed by atoms with Crippen LogP contribution in [0.1, 0.15) is 57.4 Å². The first kappa shape index (κ1) is 21.0. The maximum absolute atomic E-state index is 12.7. The molecule has 0 spiro atoms. The fraction of sp³-hybridized carbons (Fsp3) is 0.667. The van der Waals surface area contributed by atoms with Crippen molar-refractivity contribution in [2.75, 3.05) is 19.6 Å². The van der Waals surface area contributed by atoms with Crippen molar-refractivity contribution < 1.29 is 9.53 Å². The fourth-order valence-electron chi connectivity index (χ4n) is 4.03. The SMILES string of the molecule is CCCN(C(=O)CCc1cccc(OC2CCCC2)c1)C1CCNC1.Cl. The Labute approximate surface area is 164 Å². The van der Waals surface area contributed by atoms with Gasteiger partial charge in [-0.3, -0.25) is 4.79 Å². The topological polar surface area (TPSA) is 41.6 Å². The van der Waals surface area contributed by atoms with Gasteiger partial charge in [0.25, 0.3) is 0 Å². The quantitative estimate of drug-likeness (QED) is 0.742. The molecule has 1 heterocycles. The van der Waals surface area contributed by atoms with Gasteiger partial charge in [-0.05, 0) is 69.2 Å². The van der Waals surface area contributed by atoms with Gasteiger partial charge in [-0.15, -0.1) is 12.4 Å². The van der Waals surface area contributed by atoms with Crippen LogP contribution >= 0.6 is 12.4 Å². The second-order valence-electron chi connectivity index (χ2n) is 7.41. The van der Waals surface area contributed by atoms with Gasteiger partial charge in [-0.1, -0.05) is 19.1 Å². The summed E-state index contributed by atoms with van der Waals surface area (Å²) in [6.07, 6.45) is 8.76. The molecule has 2 fully saturated rings. The van der Waals surface area contributed by atoms with Crippen LogP contribution in [0.15, 0.2) is 24.3 Å². The molecule has 1 aliphatic heterocycles. The van der Waals surface area contributed by atoms with Crippen LogP contribution in [-0.4, -0.2) is 42.6 Å². The largest absolute Gasteiger partial charge is 0.490 e. The first-order valence-corrected chi connectivity index (χ1v) is 10.0. The highest BCUT2D eigenvalue weighted by Crippen LogP contribution is 2.25. The monoisotopic (exact) mass is 380 g/mol. The van der Waals surface area contributed by atoms with Gasteiger partial charge in [0.15, 0.2) is 0 Å². The molecule has 146 valence electrons. The number of rotatable bonds is 8. The second-order valence-corrected chi connectivity index (χ2v) is 7.41. The van der Waals surface area contributed by atoms with Gasteiger partial charge >= 0.3 is 0 Å². The van der Waals surface area contributed by atoms with E-state index in [1.807, 2.05) is 6.07 Å². The molecule has 1 aliphatic carbocycles. The van der Waals surface area contributed by atoms with Gasteiger partial charge in [0.2, 0.25) is 5.91 Å². The molecule has 1 saturated carbocycles. The van der Waals surface area contributed by atoms with Crippen LogP contribution in [0, 0.1) is 0 Å². The Morgan fingerprint density at radius 2 is 2.08 bits per heavy atom. The van der Waals surface area contributed by atoms with Crippen LogP contribution in [0.4, 0.5) is 0 Å².